The predicted molar refractivity (Wildman–Crippen MR) is 95.9 cm³/mol. The second-order valence-corrected chi connectivity index (χ2v) is 7.45. The van der Waals surface area contributed by atoms with Crippen LogP contribution in [0.25, 0.3) is 0 Å². The van der Waals surface area contributed by atoms with Crippen LogP contribution in [-0.4, -0.2) is 12.7 Å². The van der Waals surface area contributed by atoms with Crippen molar-refractivity contribution in [3.05, 3.63) is 71.0 Å². The highest BCUT2D eigenvalue weighted by Crippen LogP contribution is 2.47. The van der Waals surface area contributed by atoms with Crippen molar-refractivity contribution < 1.29 is 13.9 Å². The maximum atomic E-state index is 14.4. The molecular formula is C22H25FO2. The monoisotopic (exact) mass is 340 g/mol. The lowest BCUT2D eigenvalue weighted by Crippen LogP contribution is -2.44. The zero-order valence-corrected chi connectivity index (χ0v) is 14.7. The summed E-state index contributed by atoms with van der Waals surface area (Å²) in [4.78, 5) is 0. The Morgan fingerprint density at radius 2 is 2.00 bits per heavy atom. The van der Waals surface area contributed by atoms with Gasteiger partial charge in [0.05, 0.1) is 25.4 Å². The summed E-state index contributed by atoms with van der Waals surface area (Å²) in [5.41, 5.74) is 2.97. The summed E-state index contributed by atoms with van der Waals surface area (Å²) < 4.78 is 26.6. The first-order chi connectivity index (χ1) is 12.2. The molecule has 2 aromatic carbocycles. The molecule has 1 spiro atoms. The van der Waals surface area contributed by atoms with Crippen LogP contribution in [0.2, 0.25) is 0 Å². The number of hydrogen-bond donors (Lipinski definition) is 0. The molecule has 3 atom stereocenters. The lowest BCUT2D eigenvalue weighted by molar-refractivity contribution is -0.0539. The highest BCUT2D eigenvalue weighted by molar-refractivity contribution is 5.39. The minimum atomic E-state index is -0.174. The van der Waals surface area contributed by atoms with Gasteiger partial charge in [0.2, 0.25) is 0 Å². The predicted octanol–water partition coefficient (Wildman–Crippen LogP) is 5.31. The Kier molecular flexibility index (Phi) is 4.61. The minimum Gasteiger partial charge on any atom is -0.374 e. The van der Waals surface area contributed by atoms with E-state index in [1.165, 1.54) is 5.56 Å². The molecule has 0 aromatic heterocycles. The van der Waals surface area contributed by atoms with Gasteiger partial charge < -0.3 is 9.47 Å². The van der Waals surface area contributed by atoms with Crippen molar-refractivity contribution in [1.82, 2.24) is 0 Å². The average molecular weight is 340 g/mol. The lowest BCUT2D eigenvalue weighted by Gasteiger charge is -2.46. The molecule has 1 saturated carbocycles. The maximum Gasteiger partial charge on any atom is 0.129 e. The van der Waals surface area contributed by atoms with Crippen LogP contribution in [0.5, 0.6) is 0 Å². The van der Waals surface area contributed by atoms with Crippen LogP contribution in [0.3, 0.4) is 0 Å². The Morgan fingerprint density at radius 1 is 1.16 bits per heavy atom. The zero-order valence-electron chi connectivity index (χ0n) is 14.7. The smallest absolute Gasteiger partial charge is 0.129 e. The molecule has 1 aliphatic carbocycles. The molecule has 2 aliphatic rings. The van der Waals surface area contributed by atoms with Gasteiger partial charge in [-0.2, -0.15) is 0 Å². The van der Waals surface area contributed by atoms with Gasteiger partial charge in [-0.15, -0.1) is 0 Å². The highest BCUT2D eigenvalue weighted by Gasteiger charge is 2.44. The first kappa shape index (κ1) is 16.7. The van der Waals surface area contributed by atoms with Crippen molar-refractivity contribution in [3.8, 4) is 0 Å². The Hall–Kier alpha value is -1.71. The lowest BCUT2D eigenvalue weighted by atomic mass is 9.66. The van der Waals surface area contributed by atoms with Gasteiger partial charge in [0.25, 0.3) is 0 Å². The molecule has 25 heavy (non-hydrogen) atoms. The van der Waals surface area contributed by atoms with Gasteiger partial charge in [0.15, 0.2) is 0 Å². The maximum absolute atomic E-state index is 14.4. The van der Waals surface area contributed by atoms with E-state index in [2.05, 4.69) is 18.2 Å². The van der Waals surface area contributed by atoms with E-state index in [1.807, 2.05) is 31.2 Å². The van der Waals surface area contributed by atoms with Crippen molar-refractivity contribution >= 4 is 0 Å². The zero-order chi connectivity index (χ0) is 17.3. The number of fused-ring (bicyclic) bond motifs is 2. The molecule has 2 aromatic rings. The molecule has 0 saturated heterocycles. The third-order valence-electron chi connectivity index (χ3n) is 5.77. The fourth-order valence-corrected chi connectivity index (χ4v) is 4.47. The number of ether oxygens (including phenoxy) is 2. The summed E-state index contributed by atoms with van der Waals surface area (Å²) in [7, 11) is 0. The SMILES string of the molecule is CC1OCC2(CCCC(OCc3ccccc3)C2)c2cccc(F)c21. The molecule has 0 radical (unpaired) electrons. The number of rotatable bonds is 3. The first-order valence-electron chi connectivity index (χ1n) is 9.24. The Bertz CT molecular complexity index is 730. The van der Waals surface area contributed by atoms with Crippen molar-refractivity contribution in [2.24, 2.45) is 0 Å². The van der Waals surface area contributed by atoms with Crippen molar-refractivity contribution in [1.29, 1.82) is 0 Å². The van der Waals surface area contributed by atoms with Crippen molar-refractivity contribution in [3.63, 3.8) is 0 Å². The van der Waals surface area contributed by atoms with E-state index in [9.17, 15) is 4.39 Å². The fourth-order valence-electron chi connectivity index (χ4n) is 4.47. The molecule has 132 valence electrons. The topological polar surface area (TPSA) is 18.5 Å². The largest absolute Gasteiger partial charge is 0.374 e. The standard InChI is InChI=1S/C22H25FO2/c1-16-21-19(10-5-11-20(21)23)22(15-25-16)12-6-9-18(13-22)24-14-17-7-3-2-4-8-17/h2-5,7-8,10-11,16,18H,6,9,12-15H2,1H3. The highest BCUT2D eigenvalue weighted by atomic mass is 19.1. The van der Waals surface area contributed by atoms with Crippen LogP contribution in [0.15, 0.2) is 48.5 Å². The normalized spacial score (nSPS) is 28.7. The third-order valence-corrected chi connectivity index (χ3v) is 5.77. The number of benzene rings is 2. The van der Waals surface area contributed by atoms with Crippen molar-refractivity contribution in [2.45, 2.75) is 56.8 Å². The second-order valence-electron chi connectivity index (χ2n) is 7.45. The Morgan fingerprint density at radius 3 is 2.84 bits per heavy atom. The van der Waals surface area contributed by atoms with E-state index in [0.29, 0.717) is 13.2 Å². The van der Waals surface area contributed by atoms with Gasteiger partial charge in [0.1, 0.15) is 5.82 Å². The molecule has 0 N–H and O–H groups in total. The summed E-state index contributed by atoms with van der Waals surface area (Å²) in [6.45, 7) is 3.24. The summed E-state index contributed by atoms with van der Waals surface area (Å²) in [6, 6.07) is 15.8. The molecule has 1 aliphatic heterocycles. The molecular weight excluding hydrogens is 315 g/mol. The van der Waals surface area contributed by atoms with Gasteiger partial charge >= 0.3 is 0 Å². The molecule has 0 amide bonds. The van der Waals surface area contributed by atoms with Crippen LogP contribution in [0, 0.1) is 5.82 Å². The van der Waals surface area contributed by atoms with Gasteiger partial charge in [-0.3, -0.25) is 0 Å². The quantitative estimate of drug-likeness (QED) is 0.753. The van der Waals surface area contributed by atoms with Gasteiger partial charge in [0, 0.05) is 11.0 Å². The summed E-state index contributed by atoms with van der Waals surface area (Å²) in [5, 5.41) is 0. The van der Waals surface area contributed by atoms with E-state index in [1.54, 1.807) is 6.07 Å². The van der Waals surface area contributed by atoms with E-state index >= 15 is 0 Å². The van der Waals surface area contributed by atoms with Crippen LogP contribution in [-0.2, 0) is 21.5 Å². The number of halogens is 1. The average Bonchev–Trinajstić information content (AvgIpc) is 2.65. The number of hydrogen-bond acceptors (Lipinski definition) is 2. The van der Waals surface area contributed by atoms with Crippen LogP contribution >= 0.6 is 0 Å². The third kappa shape index (κ3) is 3.23. The van der Waals surface area contributed by atoms with Crippen LogP contribution < -0.4 is 0 Å². The summed E-state index contributed by atoms with van der Waals surface area (Å²) >= 11 is 0. The molecule has 4 rings (SSSR count). The van der Waals surface area contributed by atoms with Gasteiger partial charge in [-0.05, 0) is 49.8 Å². The minimum absolute atomic E-state index is 0.108. The van der Waals surface area contributed by atoms with E-state index in [4.69, 9.17) is 9.47 Å². The van der Waals surface area contributed by atoms with Crippen molar-refractivity contribution in [2.75, 3.05) is 6.61 Å². The first-order valence-corrected chi connectivity index (χ1v) is 9.24. The molecule has 0 bridgehead atoms. The van der Waals surface area contributed by atoms with E-state index < -0.39 is 0 Å². The Balaban J connectivity index is 1.55. The second kappa shape index (κ2) is 6.89. The Labute approximate surface area is 149 Å². The van der Waals surface area contributed by atoms with Gasteiger partial charge in [-0.25, -0.2) is 4.39 Å². The van der Waals surface area contributed by atoms with Gasteiger partial charge in [-0.1, -0.05) is 42.5 Å². The van der Waals surface area contributed by atoms with E-state index in [0.717, 1.165) is 36.8 Å². The fraction of sp³-hybridized carbons (Fsp3) is 0.455. The molecule has 1 fully saturated rings. The molecule has 1 heterocycles. The molecule has 2 nitrogen and oxygen atoms in total. The summed E-state index contributed by atoms with van der Waals surface area (Å²) in [5.74, 6) is -0.142. The molecule has 3 heteroatoms. The van der Waals surface area contributed by atoms with Crippen LogP contribution in [0.4, 0.5) is 4.39 Å². The van der Waals surface area contributed by atoms with Crippen LogP contribution in [0.1, 0.15) is 55.4 Å². The molecule has 3 unspecified atom stereocenters. The van der Waals surface area contributed by atoms with E-state index in [-0.39, 0.29) is 23.4 Å². The summed E-state index contributed by atoms with van der Waals surface area (Å²) in [6.07, 6.45) is 4.13.